The molecule has 1 N–H and O–H groups in total. The topological polar surface area (TPSA) is 73.9 Å². The van der Waals surface area contributed by atoms with Crippen LogP contribution >= 0.6 is 0 Å². The number of hydrogen-bond acceptors (Lipinski definition) is 5. The highest BCUT2D eigenvalue weighted by molar-refractivity contribution is 5.96. The molecular formula is C16H23NO5. The molecule has 6 heteroatoms. The Bertz CT molecular complexity index is 501. The molecule has 0 bridgehead atoms. The average molecular weight is 309 g/mol. The molecule has 1 amide bonds. The number of carbonyl (C=O) groups excluding carboxylic acids is 2. The number of rotatable bonds is 9. The number of nitrogens with one attached hydrogen (secondary N) is 1. The molecule has 0 saturated carbocycles. The summed E-state index contributed by atoms with van der Waals surface area (Å²) < 4.78 is 15.8. The van der Waals surface area contributed by atoms with Gasteiger partial charge < -0.3 is 19.5 Å². The minimum atomic E-state index is -0.453. The van der Waals surface area contributed by atoms with Crippen LogP contribution in [-0.4, -0.2) is 38.2 Å². The van der Waals surface area contributed by atoms with Crippen LogP contribution in [0.4, 0.5) is 0 Å². The van der Waals surface area contributed by atoms with Crippen molar-refractivity contribution in [2.24, 2.45) is 0 Å². The van der Waals surface area contributed by atoms with E-state index in [1.807, 2.05) is 20.8 Å². The van der Waals surface area contributed by atoms with Gasteiger partial charge in [-0.3, -0.25) is 9.59 Å². The summed E-state index contributed by atoms with van der Waals surface area (Å²) in [6.07, 6.45) is 0.746. The van der Waals surface area contributed by atoms with Crippen molar-refractivity contribution in [3.05, 3.63) is 23.8 Å². The van der Waals surface area contributed by atoms with Gasteiger partial charge in [0.2, 0.25) is 0 Å². The first kappa shape index (κ1) is 17.8. The highest BCUT2D eigenvalue weighted by Crippen LogP contribution is 2.28. The Morgan fingerprint density at radius 3 is 2.36 bits per heavy atom. The zero-order valence-electron chi connectivity index (χ0n) is 13.3. The summed E-state index contributed by atoms with van der Waals surface area (Å²) in [5, 5.41) is 2.52. The van der Waals surface area contributed by atoms with Crippen LogP contribution in [0.15, 0.2) is 18.2 Å². The third-order valence-electron chi connectivity index (χ3n) is 2.67. The number of hydrogen-bond donors (Lipinski definition) is 1. The van der Waals surface area contributed by atoms with Crippen LogP contribution in [0, 0.1) is 0 Å². The maximum Gasteiger partial charge on any atom is 0.325 e. The van der Waals surface area contributed by atoms with Gasteiger partial charge in [-0.1, -0.05) is 6.92 Å². The molecule has 0 aromatic heterocycles. The molecule has 122 valence electrons. The van der Waals surface area contributed by atoms with E-state index < -0.39 is 5.97 Å². The number of amides is 1. The molecule has 1 aromatic carbocycles. The molecule has 0 aliphatic carbocycles. The smallest absolute Gasteiger partial charge is 0.325 e. The van der Waals surface area contributed by atoms with Gasteiger partial charge in [-0.2, -0.15) is 0 Å². The van der Waals surface area contributed by atoms with Gasteiger partial charge in [-0.25, -0.2) is 0 Å². The van der Waals surface area contributed by atoms with Gasteiger partial charge in [0.05, 0.1) is 19.8 Å². The van der Waals surface area contributed by atoms with Crippen molar-refractivity contribution in [1.29, 1.82) is 0 Å². The second-order valence-corrected chi connectivity index (χ2v) is 4.43. The molecule has 1 rings (SSSR count). The Hall–Kier alpha value is -2.24. The number of benzene rings is 1. The van der Waals surface area contributed by atoms with Crippen molar-refractivity contribution >= 4 is 11.9 Å². The van der Waals surface area contributed by atoms with Crippen molar-refractivity contribution in [2.75, 3.05) is 26.4 Å². The zero-order chi connectivity index (χ0) is 16.4. The molecule has 22 heavy (non-hydrogen) atoms. The van der Waals surface area contributed by atoms with Crippen LogP contribution in [0.3, 0.4) is 0 Å². The third kappa shape index (κ3) is 5.63. The normalized spacial score (nSPS) is 9.95. The fourth-order valence-electron chi connectivity index (χ4n) is 1.71. The zero-order valence-corrected chi connectivity index (χ0v) is 13.3. The van der Waals surface area contributed by atoms with Crippen LogP contribution in [0.25, 0.3) is 0 Å². The predicted octanol–water partition coefficient (Wildman–Crippen LogP) is 2.17. The lowest BCUT2D eigenvalue weighted by Gasteiger charge is -2.12. The lowest BCUT2D eigenvalue weighted by Crippen LogP contribution is -2.30. The van der Waals surface area contributed by atoms with Gasteiger partial charge in [0.15, 0.2) is 11.5 Å². The molecule has 6 nitrogen and oxygen atoms in total. The molecule has 0 atom stereocenters. The first-order valence-electron chi connectivity index (χ1n) is 7.45. The molecule has 0 spiro atoms. The lowest BCUT2D eigenvalue weighted by atomic mass is 10.2. The molecule has 1 aromatic rings. The van der Waals surface area contributed by atoms with E-state index in [9.17, 15) is 9.59 Å². The van der Waals surface area contributed by atoms with Crippen LogP contribution < -0.4 is 14.8 Å². The summed E-state index contributed by atoms with van der Waals surface area (Å²) in [7, 11) is 0. The van der Waals surface area contributed by atoms with Crippen molar-refractivity contribution in [3.63, 3.8) is 0 Å². The quantitative estimate of drug-likeness (QED) is 0.708. The van der Waals surface area contributed by atoms with Gasteiger partial charge in [-0.05, 0) is 38.5 Å². The fraction of sp³-hybridized carbons (Fsp3) is 0.500. The van der Waals surface area contributed by atoms with E-state index in [0.717, 1.165) is 6.42 Å². The summed E-state index contributed by atoms with van der Waals surface area (Å²) in [6, 6.07) is 4.90. The van der Waals surface area contributed by atoms with Crippen LogP contribution in [0.1, 0.15) is 37.6 Å². The van der Waals surface area contributed by atoms with Crippen LogP contribution in [0.5, 0.6) is 11.5 Å². The lowest BCUT2D eigenvalue weighted by molar-refractivity contribution is -0.142. The van der Waals surface area contributed by atoms with Gasteiger partial charge in [0, 0.05) is 5.56 Å². The largest absolute Gasteiger partial charge is 0.490 e. The SMILES string of the molecule is CCCOC(=O)CNC(=O)c1ccc(OCC)c(OCC)c1. The van der Waals surface area contributed by atoms with E-state index in [-0.39, 0.29) is 12.5 Å². The Morgan fingerprint density at radius 1 is 1.05 bits per heavy atom. The molecule has 0 fully saturated rings. The molecular weight excluding hydrogens is 286 g/mol. The van der Waals surface area contributed by atoms with E-state index in [2.05, 4.69) is 5.32 Å². The van der Waals surface area contributed by atoms with Crippen LogP contribution in [0.2, 0.25) is 0 Å². The molecule has 0 aliphatic heterocycles. The average Bonchev–Trinajstić information content (AvgIpc) is 2.52. The molecule has 0 unspecified atom stereocenters. The second-order valence-electron chi connectivity index (χ2n) is 4.43. The number of ether oxygens (including phenoxy) is 3. The van der Waals surface area contributed by atoms with Crippen molar-refractivity contribution < 1.29 is 23.8 Å². The first-order valence-corrected chi connectivity index (χ1v) is 7.45. The van der Waals surface area contributed by atoms with E-state index in [0.29, 0.717) is 36.9 Å². The van der Waals surface area contributed by atoms with Crippen molar-refractivity contribution in [2.45, 2.75) is 27.2 Å². The standard InChI is InChI=1S/C16H23NO5/c1-4-9-22-15(18)11-17-16(19)12-7-8-13(20-5-2)14(10-12)21-6-3/h7-8,10H,4-6,9,11H2,1-3H3,(H,17,19). The highest BCUT2D eigenvalue weighted by atomic mass is 16.5. The van der Waals surface area contributed by atoms with Gasteiger partial charge in [0.1, 0.15) is 6.54 Å². The summed E-state index contributed by atoms with van der Waals surface area (Å²) in [5.41, 5.74) is 0.398. The predicted molar refractivity (Wildman–Crippen MR) is 82.4 cm³/mol. The Labute approximate surface area is 130 Å². The monoisotopic (exact) mass is 309 g/mol. The van der Waals surface area contributed by atoms with Gasteiger partial charge >= 0.3 is 5.97 Å². The summed E-state index contributed by atoms with van der Waals surface area (Å²) in [6.45, 7) is 6.80. The maximum atomic E-state index is 12.0. The first-order chi connectivity index (χ1) is 10.6. The van der Waals surface area contributed by atoms with Crippen LogP contribution in [-0.2, 0) is 9.53 Å². The van der Waals surface area contributed by atoms with E-state index in [1.54, 1.807) is 18.2 Å². The minimum absolute atomic E-state index is 0.157. The fourth-order valence-corrected chi connectivity index (χ4v) is 1.71. The van der Waals surface area contributed by atoms with Gasteiger partial charge in [0.25, 0.3) is 5.91 Å². The van der Waals surface area contributed by atoms with Crippen molar-refractivity contribution in [3.8, 4) is 11.5 Å². The molecule has 0 saturated heterocycles. The summed E-state index contributed by atoms with van der Waals surface area (Å²) in [4.78, 5) is 23.4. The maximum absolute atomic E-state index is 12.0. The molecule has 0 heterocycles. The number of esters is 1. The van der Waals surface area contributed by atoms with E-state index in [4.69, 9.17) is 14.2 Å². The van der Waals surface area contributed by atoms with Crippen molar-refractivity contribution in [1.82, 2.24) is 5.32 Å². The second kappa shape index (κ2) is 9.65. The Balaban J connectivity index is 2.68. The van der Waals surface area contributed by atoms with Gasteiger partial charge in [-0.15, -0.1) is 0 Å². The Morgan fingerprint density at radius 2 is 1.73 bits per heavy atom. The third-order valence-corrected chi connectivity index (χ3v) is 2.67. The van der Waals surface area contributed by atoms with E-state index in [1.165, 1.54) is 0 Å². The summed E-state index contributed by atoms with van der Waals surface area (Å²) >= 11 is 0. The molecule has 0 radical (unpaired) electrons. The molecule has 0 aliphatic rings. The van der Waals surface area contributed by atoms with E-state index >= 15 is 0 Å². The minimum Gasteiger partial charge on any atom is -0.490 e. The summed E-state index contributed by atoms with van der Waals surface area (Å²) in [5.74, 6) is 0.275. The highest BCUT2D eigenvalue weighted by Gasteiger charge is 2.12. The number of carbonyl (C=O) groups is 2. The Kier molecular flexibility index (Phi) is 7.81.